The summed E-state index contributed by atoms with van der Waals surface area (Å²) in [5, 5.41) is 34.4. The van der Waals surface area contributed by atoms with Gasteiger partial charge in [0.15, 0.2) is 0 Å². The highest BCUT2D eigenvalue weighted by Gasteiger charge is 2.24. The highest BCUT2D eigenvalue weighted by molar-refractivity contribution is 6.28. The first kappa shape index (κ1) is 52.8. The SMILES string of the molecule is N#Cc1cc(-c2ccccc2-n2c3ccccc3c3ccccc32)cc(-n2c3ccccc3c3c4c(ccc32)oc2ccccc24)c1.N#Cc1cc(-c2ccccc2-n2c3ccccc3c3ccccc32)cc(-n2c3ccccc3c3c4oc5ccccc5c4ccc32)c1. The molecule has 0 aliphatic heterocycles. The maximum Gasteiger partial charge on any atom is 0.145 e. The van der Waals surface area contributed by atoms with Gasteiger partial charge in [-0.05, 0) is 132 Å². The van der Waals surface area contributed by atoms with Crippen molar-refractivity contribution in [1.82, 2.24) is 18.3 Å². The van der Waals surface area contributed by atoms with Crippen LogP contribution in [0.25, 0.3) is 176 Å². The molecule has 6 aromatic heterocycles. The van der Waals surface area contributed by atoms with Crippen molar-refractivity contribution < 1.29 is 8.83 Å². The van der Waals surface area contributed by atoms with Crippen molar-refractivity contribution in [3.63, 3.8) is 0 Å². The molecule has 0 bridgehead atoms. The molecule has 0 N–H and O–H groups in total. The van der Waals surface area contributed by atoms with Crippen LogP contribution in [0, 0.1) is 22.7 Å². The number of fused-ring (bicyclic) bond motifs is 20. The fourth-order valence-electron chi connectivity index (χ4n) is 15.2. The van der Waals surface area contributed by atoms with E-state index in [1.807, 2.05) is 48.5 Å². The van der Waals surface area contributed by atoms with Crippen LogP contribution >= 0.6 is 0 Å². The van der Waals surface area contributed by atoms with E-state index in [1.165, 1.54) is 21.5 Å². The van der Waals surface area contributed by atoms with Crippen LogP contribution in [0.2, 0.25) is 0 Å². The zero-order valence-corrected chi connectivity index (χ0v) is 50.4. The predicted octanol–water partition coefficient (Wildman–Crippen LogP) is 22.6. The van der Waals surface area contributed by atoms with Crippen LogP contribution in [0.15, 0.2) is 312 Å². The van der Waals surface area contributed by atoms with Gasteiger partial charge in [-0.15, -0.1) is 0 Å². The zero-order valence-electron chi connectivity index (χ0n) is 50.4. The van der Waals surface area contributed by atoms with E-state index in [1.54, 1.807) is 0 Å². The first-order valence-corrected chi connectivity index (χ1v) is 31.5. The van der Waals surface area contributed by atoms with Crippen molar-refractivity contribution in [1.29, 1.82) is 10.5 Å². The molecule has 94 heavy (non-hydrogen) atoms. The van der Waals surface area contributed by atoms with Crippen LogP contribution in [-0.2, 0) is 0 Å². The summed E-state index contributed by atoms with van der Waals surface area (Å²) in [4.78, 5) is 0. The molecule has 0 radical (unpaired) electrons. The highest BCUT2D eigenvalue weighted by atomic mass is 16.3. The zero-order chi connectivity index (χ0) is 62.1. The van der Waals surface area contributed by atoms with Crippen molar-refractivity contribution in [2.24, 2.45) is 0 Å². The lowest BCUT2D eigenvalue weighted by atomic mass is 10.00. The molecule has 0 saturated carbocycles. The minimum absolute atomic E-state index is 0.602. The van der Waals surface area contributed by atoms with Gasteiger partial charge in [-0.1, -0.05) is 182 Å². The van der Waals surface area contributed by atoms with Gasteiger partial charge < -0.3 is 27.1 Å². The third-order valence-corrected chi connectivity index (χ3v) is 19.0. The summed E-state index contributed by atoms with van der Waals surface area (Å²) in [7, 11) is 0. The molecule has 0 unspecified atom stereocenters. The summed E-state index contributed by atoms with van der Waals surface area (Å²) in [5.41, 5.74) is 21.6. The summed E-state index contributed by atoms with van der Waals surface area (Å²) < 4.78 is 22.1. The Morgan fingerprint density at radius 2 is 0.617 bits per heavy atom. The molecular weight excluding hydrogens is 1150 g/mol. The van der Waals surface area contributed by atoms with Crippen molar-refractivity contribution in [3.05, 3.63) is 314 Å². The molecule has 0 fully saturated rings. The predicted molar refractivity (Wildman–Crippen MR) is 385 cm³/mol. The Labute approximate surface area is 537 Å². The number of rotatable bonds is 6. The third-order valence-electron chi connectivity index (χ3n) is 19.0. The topological polar surface area (TPSA) is 93.6 Å². The number of hydrogen-bond acceptors (Lipinski definition) is 4. The molecule has 0 aliphatic carbocycles. The Kier molecular flexibility index (Phi) is 11.6. The van der Waals surface area contributed by atoms with Crippen LogP contribution in [0.1, 0.15) is 11.1 Å². The van der Waals surface area contributed by atoms with E-state index in [0.717, 1.165) is 155 Å². The summed E-state index contributed by atoms with van der Waals surface area (Å²) in [6.07, 6.45) is 0. The number of nitrogens with zero attached hydrogens (tertiary/aromatic N) is 6. The molecule has 0 aliphatic rings. The number of furan rings is 2. The second kappa shape index (κ2) is 20.7. The third kappa shape index (κ3) is 7.84. The minimum atomic E-state index is 0.602. The Morgan fingerprint density at radius 1 is 0.245 bits per heavy atom. The van der Waals surface area contributed by atoms with Crippen molar-refractivity contribution in [3.8, 4) is 57.1 Å². The Bertz CT molecular complexity index is 6550. The highest BCUT2D eigenvalue weighted by Crippen LogP contribution is 2.46. The summed E-state index contributed by atoms with van der Waals surface area (Å²) in [6, 6.07) is 111. The largest absolute Gasteiger partial charge is 0.456 e. The van der Waals surface area contributed by atoms with Gasteiger partial charge in [0.2, 0.25) is 0 Å². The van der Waals surface area contributed by atoms with Crippen LogP contribution in [-0.4, -0.2) is 18.3 Å². The first-order valence-electron chi connectivity index (χ1n) is 31.5. The van der Waals surface area contributed by atoms with E-state index >= 15 is 0 Å². The fraction of sp³-hybridized carbons (Fsp3) is 0. The summed E-state index contributed by atoms with van der Waals surface area (Å²) in [5.74, 6) is 0. The molecule has 0 saturated heterocycles. The average Bonchev–Trinajstić information content (AvgIpc) is 1.57. The van der Waals surface area contributed by atoms with E-state index < -0.39 is 0 Å². The Balaban J connectivity index is 0.000000133. The standard InChI is InChI=1S/2C43H25N3O/c44-26-27-23-28(30-11-1-6-16-36(30)46-37-17-7-2-12-31(37)32-13-3-8-18-38(32)46)25-29(24-27)45-39-19-9-4-15-35(39)42-40(45)22-21-34-33-14-5-10-20-41(33)47-43(34)42;44-26-27-23-28(30-11-1-6-16-35(30)46-36-17-7-2-12-31(36)32-13-3-8-18-37(32)46)25-29(24-27)45-38-19-9-4-14-33(38)42-39(45)21-22-41-43(42)34-15-5-10-20-40(34)47-41/h2*1-25H. The lowest BCUT2D eigenvalue weighted by Crippen LogP contribution is -1.99. The number of hydrogen-bond donors (Lipinski definition) is 0. The van der Waals surface area contributed by atoms with Gasteiger partial charge in [0, 0.05) is 81.8 Å². The monoisotopic (exact) mass is 1200 g/mol. The number of nitriles is 2. The Morgan fingerprint density at radius 3 is 1.11 bits per heavy atom. The lowest BCUT2D eigenvalue weighted by Gasteiger charge is -2.16. The normalized spacial score (nSPS) is 11.8. The number of aromatic nitrogens is 4. The van der Waals surface area contributed by atoms with Crippen molar-refractivity contribution in [2.75, 3.05) is 0 Å². The van der Waals surface area contributed by atoms with E-state index in [4.69, 9.17) is 8.83 Å². The second-order valence-electron chi connectivity index (χ2n) is 24.1. The Hall–Kier alpha value is -13.1. The van der Waals surface area contributed by atoms with Gasteiger partial charge in [-0.3, -0.25) is 0 Å². The molecule has 20 rings (SSSR count). The summed E-state index contributed by atoms with van der Waals surface area (Å²) in [6.45, 7) is 0. The van der Waals surface area contributed by atoms with Gasteiger partial charge in [-0.2, -0.15) is 10.5 Å². The van der Waals surface area contributed by atoms with Gasteiger partial charge in [0.1, 0.15) is 22.3 Å². The lowest BCUT2D eigenvalue weighted by molar-refractivity contribution is 0.669. The molecule has 8 nitrogen and oxygen atoms in total. The molecule has 8 heteroatoms. The van der Waals surface area contributed by atoms with Crippen LogP contribution < -0.4 is 0 Å². The van der Waals surface area contributed by atoms with Gasteiger partial charge in [0.25, 0.3) is 0 Å². The molecule has 436 valence electrons. The quantitative estimate of drug-likeness (QED) is 0.166. The van der Waals surface area contributed by atoms with Crippen LogP contribution in [0.5, 0.6) is 0 Å². The number of para-hydroxylation sites is 10. The first-order chi connectivity index (χ1) is 46.6. The second-order valence-corrected chi connectivity index (χ2v) is 24.1. The molecule has 0 spiro atoms. The molecule has 20 aromatic rings. The van der Waals surface area contributed by atoms with Crippen molar-refractivity contribution in [2.45, 2.75) is 0 Å². The van der Waals surface area contributed by atoms with E-state index in [0.29, 0.717) is 11.1 Å². The maximum absolute atomic E-state index is 10.3. The molecule has 0 atom stereocenters. The molecule has 6 heterocycles. The van der Waals surface area contributed by atoms with E-state index in [2.05, 4.69) is 285 Å². The van der Waals surface area contributed by atoms with Crippen LogP contribution in [0.4, 0.5) is 0 Å². The minimum Gasteiger partial charge on any atom is -0.456 e. The smallest absolute Gasteiger partial charge is 0.145 e. The summed E-state index contributed by atoms with van der Waals surface area (Å²) >= 11 is 0. The maximum atomic E-state index is 10.3. The average molecular weight is 1200 g/mol. The van der Waals surface area contributed by atoms with Gasteiger partial charge >= 0.3 is 0 Å². The van der Waals surface area contributed by atoms with Crippen LogP contribution in [0.3, 0.4) is 0 Å². The van der Waals surface area contributed by atoms with E-state index in [9.17, 15) is 10.5 Å². The fourth-order valence-corrected chi connectivity index (χ4v) is 15.2. The number of benzene rings is 14. The molecular formula is C86H50N6O2. The van der Waals surface area contributed by atoms with Gasteiger partial charge in [0.05, 0.1) is 84.2 Å². The van der Waals surface area contributed by atoms with Crippen molar-refractivity contribution >= 4 is 131 Å². The molecule has 0 amide bonds. The van der Waals surface area contributed by atoms with Gasteiger partial charge in [-0.25, -0.2) is 0 Å². The molecule has 14 aromatic carbocycles. The van der Waals surface area contributed by atoms with E-state index in [-0.39, 0.29) is 0 Å².